The van der Waals surface area contributed by atoms with Gasteiger partial charge in [-0.25, -0.2) is 0 Å². The molecule has 1 aromatic carbocycles. The van der Waals surface area contributed by atoms with Crippen LogP contribution in [0, 0.1) is 10.1 Å². The maximum Gasteiger partial charge on any atom is 0.331 e. The van der Waals surface area contributed by atoms with Gasteiger partial charge in [0.15, 0.2) is 0 Å². The van der Waals surface area contributed by atoms with E-state index in [4.69, 9.17) is 16.3 Å². The van der Waals surface area contributed by atoms with E-state index in [0.717, 1.165) is 6.42 Å². The van der Waals surface area contributed by atoms with Crippen LogP contribution in [0.25, 0.3) is 0 Å². The lowest BCUT2D eigenvalue weighted by Gasteiger charge is -2.10. The summed E-state index contributed by atoms with van der Waals surface area (Å²) >= 11 is 5.76. The van der Waals surface area contributed by atoms with E-state index < -0.39 is 4.92 Å². The molecule has 1 atom stereocenters. The second-order valence-corrected chi connectivity index (χ2v) is 5.08. The summed E-state index contributed by atoms with van der Waals surface area (Å²) in [4.78, 5) is 14.3. The third kappa shape index (κ3) is 3.70. The van der Waals surface area contributed by atoms with Gasteiger partial charge in [-0.1, -0.05) is 37.6 Å². The molecule has 0 aliphatic carbocycles. The number of hydrogen-bond donors (Lipinski definition) is 0. The predicted octanol–water partition coefficient (Wildman–Crippen LogP) is 4.95. The molecule has 6 heteroatoms. The minimum absolute atomic E-state index is 0.108. The van der Waals surface area contributed by atoms with Gasteiger partial charge in [-0.2, -0.15) is 4.98 Å². The Kier molecular flexibility index (Phi) is 4.75. The highest BCUT2D eigenvalue weighted by molar-refractivity contribution is 6.29. The zero-order valence-electron chi connectivity index (χ0n) is 11.7. The van der Waals surface area contributed by atoms with Crippen molar-refractivity contribution in [2.45, 2.75) is 26.2 Å². The van der Waals surface area contributed by atoms with Gasteiger partial charge in [0, 0.05) is 6.07 Å². The first-order chi connectivity index (χ1) is 10.0. The normalized spacial score (nSPS) is 12.0. The highest BCUT2D eigenvalue weighted by atomic mass is 35.5. The van der Waals surface area contributed by atoms with Gasteiger partial charge in [0.05, 0.1) is 4.92 Å². The van der Waals surface area contributed by atoms with E-state index >= 15 is 0 Å². The highest BCUT2D eigenvalue weighted by Gasteiger charge is 2.18. The fraction of sp³-hybridized carbons (Fsp3) is 0.267. The lowest BCUT2D eigenvalue weighted by molar-refractivity contribution is -0.386. The van der Waals surface area contributed by atoms with Crippen LogP contribution in [0.2, 0.25) is 5.15 Å². The molecular weight excluding hydrogens is 292 g/mol. The molecule has 5 nitrogen and oxygen atoms in total. The predicted molar refractivity (Wildman–Crippen MR) is 81.1 cm³/mol. The molecule has 0 radical (unpaired) electrons. The van der Waals surface area contributed by atoms with Gasteiger partial charge in [0.1, 0.15) is 10.9 Å². The molecule has 0 amide bonds. The molecule has 0 fully saturated rings. The number of benzene rings is 1. The van der Waals surface area contributed by atoms with Crippen LogP contribution in [0.3, 0.4) is 0 Å². The second-order valence-electron chi connectivity index (χ2n) is 4.70. The van der Waals surface area contributed by atoms with Gasteiger partial charge in [-0.3, -0.25) is 10.1 Å². The standard InChI is InChI=1S/C15H15ClN2O3/c1-3-10(2)11-4-6-12(7-5-11)21-15-13(18(19)20)8-9-14(16)17-15/h4-10H,3H2,1-2H3. The third-order valence-electron chi connectivity index (χ3n) is 3.28. The zero-order chi connectivity index (χ0) is 15.4. The molecule has 1 aromatic heterocycles. The molecule has 2 aromatic rings. The summed E-state index contributed by atoms with van der Waals surface area (Å²) < 4.78 is 5.48. The number of nitrogens with zero attached hydrogens (tertiary/aromatic N) is 2. The first kappa shape index (κ1) is 15.3. The summed E-state index contributed by atoms with van der Waals surface area (Å²) in [5.41, 5.74) is 0.976. The lowest BCUT2D eigenvalue weighted by Crippen LogP contribution is -1.96. The van der Waals surface area contributed by atoms with Crippen LogP contribution in [0.5, 0.6) is 11.6 Å². The van der Waals surface area contributed by atoms with Crippen LogP contribution in [0.4, 0.5) is 5.69 Å². The average molecular weight is 307 g/mol. The first-order valence-electron chi connectivity index (χ1n) is 6.60. The highest BCUT2D eigenvalue weighted by Crippen LogP contribution is 2.31. The molecule has 0 spiro atoms. The van der Waals surface area contributed by atoms with Crippen molar-refractivity contribution >= 4 is 17.3 Å². The minimum atomic E-state index is -0.549. The SMILES string of the molecule is CCC(C)c1ccc(Oc2nc(Cl)ccc2[N+](=O)[O-])cc1. The first-order valence-corrected chi connectivity index (χ1v) is 6.97. The van der Waals surface area contributed by atoms with Gasteiger partial charge < -0.3 is 4.74 Å². The van der Waals surface area contributed by atoms with Crippen molar-refractivity contribution < 1.29 is 9.66 Å². The van der Waals surface area contributed by atoms with E-state index in [1.165, 1.54) is 17.7 Å². The van der Waals surface area contributed by atoms with Crippen molar-refractivity contribution in [1.82, 2.24) is 4.98 Å². The Balaban J connectivity index is 2.26. The Bertz CT molecular complexity index is 644. The van der Waals surface area contributed by atoms with Crippen LogP contribution in [-0.2, 0) is 0 Å². The molecule has 0 saturated heterocycles. The van der Waals surface area contributed by atoms with Gasteiger partial charge in [-0.05, 0) is 36.1 Å². The number of hydrogen-bond acceptors (Lipinski definition) is 4. The summed E-state index contributed by atoms with van der Waals surface area (Å²) in [5.74, 6) is 0.835. The summed E-state index contributed by atoms with van der Waals surface area (Å²) in [6.45, 7) is 4.26. The minimum Gasteiger partial charge on any atom is -0.434 e. The summed E-state index contributed by atoms with van der Waals surface area (Å²) in [7, 11) is 0. The number of ether oxygens (including phenoxy) is 1. The monoisotopic (exact) mass is 306 g/mol. The second kappa shape index (κ2) is 6.54. The summed E-state index contributed by atoms with van der Waals surface area (Å²) in [6.07, 6.45) is 1.04. The van der Waals surface area contributed by atoms with Crippen LogP contribution in [-0.4, -0.2) is 9.91 Å². The fourth-order valence-corrected chi connectivity index (χ4v) is 1.98. The molecule has 0 aliphatic rings. The third-order valence-corrected chi connectivity index (χ3v) is 3.49. The van der Waals surface area contributed by atoms with Crippen molar-refractivity contribution in [3.63, 3.8) is 0 Å². The number of pyridine rings is 1. The molecule has 0 N–H and O–H groups in total. The Morgan fingerprint density at radius 2 is 1.95 bits per heavy atom. The maximum absolute atomic E-state index is 10.9. The van der Waals surface area contributed by atoms with Crippen LogP contribution in [0.1, 0.15) is 31.7 Å². The fourth-order valence-electron chi connectivity index (χ4n) is 1.84. The number of aromatic nitrogens is 1. The van der Waals surface area contributed by atoms with Crippen molar-refractivity contribution in [2.24, 2.45) is 0 Å². The molecule has 0 aliphatic heterocycles. The van der Waals surface area contributed by atoms with E-state index in [9.17, 15) is 10.1 Å². The summed E-state index contributed by atoms with van der Waals surface area (Å²) in [5, 5.41) is 11.1. The zero-order valence-corrected chi connectivity index (χ0v) is 12.5. The van der Waals surface area contributed by atoms with Crippen LogP contribution < -0.4 is 4.74 Å². The van der Waals surface area contributed by atoms with Crippen LogP contribution in [0.15, 0.2) is 36.4 Å². The topological polar surface area (TPSA) is 65.3 Å². The Hall–Kier alpha value is -2.14. The van der Waals surface area contributed by atoms with Gasteiger partial charge in [-0.15, -0.1) is 0 Å². The molecule has 1 heterocycles. The van der Waals surface area contributed by atoms with E-state index in [1.54, 1.807) is 12.1 Å². The summed E-state index contributed by atoms with van der Waals surface area (Å²) in [6, 6.07) is 10.1. The number of halogens is 1. The smallest absolute Gasteiger partial charge is 0.331 e. The largest absolute Gasteiger partial charge is 0.434 e. The number of nitro groups is 1. The quantitative estimate of drug-likeness (QED) is 0.445. The average Bonchev–Trinajstić information content (AvgIpc) is 2.47. The van der Waals surface area contributed by atoms with E-state index in [1.807, 2.05) is 12.1 Å². The van der Waals surface area contributed by atoms with Gasteiger partial charge in [0.2, 0.25) is 0 Å². The van der Waals surface area contributed by atoms with Crippen molar-refractivity contribution in [1.29, 1.82) is 0 Å². The lowest BCUT2D eigenvalue weighted by atomic mass is 9.99. The van der Waals surface area contributed by atoms with E-state index in [-0.39, 0.29) is 16.7 Å². The maximum atomic E-state index is 10.9. The van der Waals surface area contributed by atoms with Crippen LogP contribution >= 0.6 is 11.6 Å². The molecular formula is C15H15ClN2O3. The molecule has 1 unspecified atom stereocenters. The molecule has 0 bridgehead atoms. The van der Waals surface area contributed by atoms with Crippen molar-refractivity contribution in [3.8, 4) is 11.6 Å². The Morgan fingerprint density at radius 1 is 1.29 bits per heavy atom. The van der Waals surface area contributed by atoms with E-state index in [2.05, 4.69) is 18.8 Å². The van der Waals surface area contributed by atoms with Gasteiger partial charge in [0.25, 0.3) is 0 Å². The Morgan fingerprint density at radius 3 is 2.52 bits per heavy atom. The molecule has 0 saturated carbocycles. The van der Waals surface area contributed by atoms with Crippen molar-refractivity contribution in [2.75, 3.05) is 0 Å². The molecule has 2 rings (SSSR count). The Labute approximate surface area is 127 Å². The number of rotatable bonds is 5. The van der Waals surface area contributed by atoms with E-state index in [0.29, 0.717) is 11.7 Å². The van der Waals surface area contributed by atoms with Crippen molar-refractivity contribution in [3.05, 3.63) is 57.2 Å². The van der Waals surface area contributed by atoms with Gasteiger partial charge >= 0.3 is 11.6 Å². The molecule has 21 heavy (non-hydrogen) atoms. The molecule has 110 valence electrons.